The van der Waals surface area contributed by atoms with E-state index in [4.69, 9.17) is 4.74 Å². The van der Waals surface area contributed by atoms with Crippen molar-refractivity contribution >= 4 is 21.9 Å². The van der Waals surface area contributed by atoms with Gasteiger partial charge in [0.25, 0.3) is 5.91 Å². The third-order valence-electron chi connectivity index (χ3n) is 5.68. The van der Waals surface area contributed by atoms with Gasteiger partial charge in [0, 0.05) is 25.7 Å². The molecule has 3 rings (SSSR count). The van der Waals surface area contributed by atoms with E-state index >= 15 is 0 Å². The second kappa shape index (κ2) is 7.59. The normalized spacial score (nSPS) is 25.3. The van der Waals surface area contributed by atoms with Crippen LogP contribution in [0.15, 0.2) is 29.2 Å². The van der Waals surface area contributed by atoms with E-state index in [1.165, 1.54) is 45.5 Å². The summed E-state index contributed by atoms with van der Waals surface area (Å²) in [5.41, 5.74) is 0.382. The zero-order chi connectivity index (χ0) is 19.8. The minimum Gasteiger partial charge on any atom is -0.467 e. The van der Waals surface area contributed by atoms with Gasteiger partial charge in [0.1, 0.15) is 6.04 Å². The van der Waals surface area contributed by atoms with Crippen molar-refractivity contribution < 1.29 is 22.7 Å². The third-order valence-corrected chi connectivity index (χ3v) is 7.50. The maximum Gasteiger partial charge on any atom is 0.328 e. The van der Waals surface area contributed by atoms with Crippen LogP contribution in [-0.4, -0.2) is 62.8 Å². The van der Waals surface area contributed by atoms with Crippen molar-refractivity contribution in [3.05, 3.63) is 29.8 Å². The van der Waals surface area contributed by atoms with Crippen LogP contribution in [0.1, 0.15) is 42.5 Å². The van der Waals surface area contributed by atoms with Crippen molar-refractivity contribution in [2.45, 2.75) is 49.1 Å². The summed E-state index contributed by atoms with van der Waals surface area (Å²) in [5.74, 6) is -0.307. The Morgan fingerprint density at radius 2 is 1.74 bits per heavy atom. The Balaban J connectivity index is 1.89. The number of benzene rings is 1. The molecular weight excluding hydrogens is 368 g/mol. The summed E-state index contributed by atoms with van der Waals surface area (Å²) < 4.78 is 30.5. The number of esters is 1. The Bertz CT molecular complexity index is 819. The predicted molar refractivity (Wildman–Crippen MR) is 99.7 cm³/mol. The molecule has 1 saturated carbocycles. The van der Waals surface area contributed by atoms with Gasteiger partial charge in [-0.15, -0.1) is 0 Å². The van der Waals surface area contributed by atoms with Crippen LogP contribution in [0.5, 0.6) is 0 Å². The van der Waals surface area contributed by atoms with Gasteiger partial charge in [-0.25, -0.2) is 17.5 Å². The van der Waals surface area contributed by atoms with E-state index in [0.29, 0.717) is 17.9 Å². The maximum atomic E-state index is 13.2. The molecule has 0 aromatic heterocycles. The van der Waals surface area contributed by atoms with Gasteiger partial charge >= 0.3 is 5.97 Å². The van der Waals surface area contributed by atoms with E-state index in [1.54, 1.807) is 4.90 Å². The Kier molecular flexibility index (Phi) is 5.58. The third kappa shape index (κ3) is 3.60. The number of rotatable bonds is 4. The average Bonchev–Trinajstić information content (AvgIpc) is 3.06. The Morgan fingerprint density at radius 3 is 2.33 bits per heavy atom. The number of amides is 1. The molecule has 1 aromatic carbocycles. The number of carbonyl (C=O) groups is 2. The lowest BCUT2D eigenvalue weighted by atomic mass is 9.84. The molecule has 0 N–H and O–H groups in total. The van der Waals surface area contributed by atoms with Gasteiger partial charge in [0.2, 0.25) is 10.0 Å². The molecule has 0 unspecified atom stereocenters. The van der Waals surface area contributed by atoms with Crippen molar-refractivity contribution in [3.8, 4) is 0 Å². The molecule has 8 heteroatoms. The first-order chi connectivity index (χ1) is 12.8. The molecule has 1 aliphatic heterocycles. The monoisotopic (exact) mass is 394 g/mol. The summed E-state index contributed by atoms with van der Waals surface area (Å²) in [6.45, 7) is 0. The smallest absolute Gasteiger partial charge is 0.328 e. The SMILES string of the molecule is COC(=O)[C@@H]1C[C@H]2CCCC[C@@H]2N1C(=O)c1ccc(S(=O)(=O)N(C)C)cc1. The molecule has 0 radical (unpaired) electrons. The van der Waals surface area contributed by atoms with E-state index in [9.17, 15) is 18.0 Å². The summed E-state index contributed by atoms with van der Waals surface area (Å²) in [6, 6.07) is 5.38. The highest BCUT2D eigenvalue weighted by Gasteiger charge is 2.48. The molecule has 7 nitrogen and oxygen atoms in total. The standard InChI is InChI=1S/C19H26N2O5S/c1-20(2)27(24,25)15-10-8-13(9-11-15)18(22)21-16-7-5-4-6-14(16)12-17(21)19(23)26-3/h8-11,14,16-17H,4-7,12H2,1-3H3/t14-,16+,17+/m1/s1. The van der Waals surface area contributed by atoms with Crippen LogP contribution in [0.2, 0.25) is 0 Å². The van der Waals surface area contributed by atoms with Crippen molar-refractivity contribution in [3.63, 3.8) is 0 Å². The second-order valence-electron chi connectivity index (χ2n) is 7.41. The number of hydrogen-bond donors (Lipinski definition) is 0. The lowest BCUT2D eigenvalue weighted by Gasteiger charge is -2.33. The molecule has 1 heterocycles. The number of methoxy groups -OCH3 is 1. The Labute approximate surface area is 160 Å². The molecule has 1 aromatic rings. The molecule has 148 valence electrons. The highest BCUT2D eigenvalue weighted by Crippen LogP contribution is 2.40. The number of likely N-dealkylation sites (tertiary alicyclic amines) is 1. The molecule has 2 aliphatic rings. The Hall–Kier alpha value is -1.93. The minimum atomic E-state index is -3.55. The van der Waals surface area contributed by atoms with Gasteiger partial charge in [-0.1, -0.05) is 12.8 Å². The van der Waals surface area contributed by atoms with Crippen LogP contribution in [0.3, 0.4) is 0 Å². The van der Waals surface area contributed by atoms with E-state index in [0.717, 1.165) is 30.0 Å². The number of hydrogen-bond acceptors (Lipinski definition) is 5. The maximum absolute atomic E-state index is 13.2. The largest absolute Gasteiger partial charge is 0.467 e. The van der Waals surface area contributed by atoms with Gasteiger partial charge in [-0.2, -0.15) is 0 Å². The quantitative estimate of drug-likeness (QED) is 0.728. The molecule has 2 fully saturated rings. The molecule has 1 saturated heterocycles. The second-order valence-corrected chi connectivity index (χ2v) is 9.56. The van der Waals surface area contributed by atoms with Crippen LogP contribution >= 0.6 is 0 Å². The molecule has 0 bridgehead atoms. The van der Waals surface area contributed by atoms with Crippen LogP contribution in [0.4, 0.5) is 0 Å². The van der Waals surface area contributed by atoms with Crippen molar-refractivity contribution in [2.24, 2.45) is 5.92 Å². The number of ether oxygens (including phenoxy) is 1. The molecule has 27 heavy (non-hydrogen) atoms. The van der Waals surface area contributed by atoms with Crippen molar-refractivity contribution in [1.29, 1.82) is 0 Å². The average molecular weight is 394 g/mol. The fraction of sp³-hybridized carbons (Fsp3) is 0.579. The summed E-state index contributed by atoms with van der Waals surface area (Å²) >= 11 is 0. The van der Waals surface area contributed by atoms with E-state index in [2.05, 4.69) is 0 Å². The van der Waals surface area contributed by atoms with E-state index < -0.39 is 16.1 Å². The van der Waals surface area contributed by atoms with Crippen molar-refractivity contribution in [2.75, 3.05) is 21.2 Å². The lowest BCUT2D eigenvalue weighted by molar-refractivity contribution is -0.145. The molecule has 1 amide bonds. The molecule has 3 atom stereocenters. The summed E-state index contributed by atoms with van der Waals surface area (Å²) in [6.07, 6.45) is 4.70. The number of sulfonamides is 1. The number of carbonyl (C=O) groups excluding carboxylic acids is 2. The van der Waals surface area contributed by atoms with Crippen LogP contribution in [-0.2, 0) is 19.6 Å². The Morgan fingerprint density at radius 1 is 1.11 bits per heavy atom. The fourth-order valence-electron chi connectivity index (χ4n) is 4.23. The van der Waals surface area contributed by atoms with Crippen LogP contribution in [0, 0.1) is 5.92 Å². The summed E-state index contributed by atoms with van der Waals surface area (Å²) in [7, 11) is 0.712. The first-order valence-corrected chi connectivity index (χ1v) is 10.6. The topological polar surface area (TPSA) is 84.0 Å². The van der Waals surface area contributed by atoms with Gasteiger partial charge < -0.3 is 9.64 Å². The summed E-state index contributed by atoms with van der Waals surface area (Å²) in [4.78, 5) is 27.3. The van der Waals surface area contributed by atoms with Gasteiger partial charge in [0.05, 0.1) is 12.0 Å². The first kappa shape index (κ1) is 19.8. The predicted octanol–water partition coefficient (Wildman–Crippen LogP) is 1.88. The fourth-order valence-corrected chi connectivity index (χ4v) is 5.13. The zero-order valence-corrected chi connectivity index (χ0v) is 16.7. The number of nitrogens with zero attached hydrogens (tertiary/aromatic N) is 2. The van der Waals surface area contributed by atoms with Crippen LogP contribution < -0.4 is 0 Å². The van der Waals surface area contributed by atoms with Crippen LogP contribution in [0.25, 0.3) is 0 Å². The lowest BCUT2D eigenvalue weighted by Crippen LogP contribution is -2.46. The van der Waals surface area contributed by atoms with E-state index in [1.807, 2.05) is 0 Å². The minimum absolute atomic E-state index is 0.0422. The van der Waals surface area contributed by atoms with Gasteiger partial charge in [0.15, 0.2) is 0 Å². The highest BCUT2D eigenvalue weighted by atomic mass is 32.2. The van der Waals surface area contributed by atoms with Gasteiger partial charge in [-0.05, 0) is 49.4 Å². The van der Waals surface area contributed by atoms with Crippen molar-refractivity contribution in [1.82, 2.24) is 9.21 Å². The summed E-state index contributed by atoms with van der Waals surface area (Å²) in [5, 5.41) is 0. The van der Waals surface area contributed by atoms with E-state index in [-0.39, 0.29) is 22.8 Å². The first-order valence-electron chi connectivity index (χ1n) is 9.20. The zero-order valence-electron chi connectivity index (χ0n) is 15.9. The molecule has 0 spiro atoms. The molecule has 1 aliphatic carbocycles. The van der Waals surface area contributed by atoms with Gasteiger partial charge in [-0.3, -0.25) is 4.79 Å². The highest BCUT2D eigenvalue weighted by molar-refractivity contribution is 7.89. The molecular formula is C19H26N2O5S. The number of fused-ring (bicyclic) bond motifs is 1.